The van der Waals surface area contributed by atoms with Crippen molar-refractivity contribution in [2.45, 2.75) is 38.4 Å². The van der Waals surface area contributed by atoms with Gasteiger partial charge in [-0.05, 0) is 19.8 Å². The lowest BCUT2D eigenvalue weighted by molar-refractivity contribution is -0.138. The lowest BCUT2D eigenvalue weighted by atomic mass is 10.0. The summed E-state index contributed by atoms with van der Waals surface area (Å²) in [5, 5.41) is 11.0. The Morgan fingerprint density at radius 1 is 1.35 bits per heavy atom. The molecule has 1 rings (SSSR count). The van der Waals surface area contributed by atoms with Crippen molar-refractivity contribution in [3.8, 4) is 0 Å². The first-order valence-corrected chi connectivity index (χ1v) is 7.62. The minimum atomic E-state index is -0.938. The Bertz CT molecular complexity index is 398. The van der Waals surface area contributed by atoms with Gasteiger partial charge in [-0.15, -0.1) is 0 Å². The molecule has 1 atom stereocenters. The van der Waals surface area contributed by atoms with E-state index >= 15 is 0 Å². The molecule has 1 unspecified atom stereocenters. The fourth-order valence-electron chi connectivity index (χ4n) is 2.13. The number of imide groups is 1. The first kappa shape index (κ1) is 16.8. The van der Waals surface area contributed by atoms with Crippen LogP contribution in [0, 0.1) is 5.92 Å². The number of carboxylic acid groups (broad SMARTS) is 1. The fourth-order valence-corrected chi connectivity index (χ4v) is 3.24. The highest BCUT2D eigenvalue weighted by atomic mass is 32.2. The Hall–Kier alpha value is -1.24. The van der Waals surface area contributed by atoms with Crippen molar-refractivity contribution in [2.24, 2.45) is 5.92 Å². The Balaban J connectivity index is 2.41. The molecule has 0 aliphatic carbocycles. The second kappa shape index (κ2) is 6.97. The average Bonchev–Trinajstić information content (AvgIpc) is 2.25. The molecule has 7 heteroatoms. The molecule has 2 N–H and O–H groups in total. The van der Waals surface area contributed by atoms with Crippen molar-refractivity contribution < 1.29 is 19.5 Å². The Morgan fingerprint density at radius 2 is 2.00 bits per heavy atom. The van der Waals surface area contributed by atoms with Crippen LogP contribution in [0.25, 0.3) is 0 Å². The molecule has 6 nitrogen and oxygen atoms in total. The summed E-state index contributed by atoms with van der Waals surface area (Å²) < 4.78 is -0.00473. The van der Waals surface area contributed by atoms with Gasteiger partial charge in [0.05, 0.1) is 0 Å². The number of nitrogens with one attached hydrogen (secondary N) is 1. The number of hydrogen-bond donors (Lipinski definition) is 2. The predicted octanol–water partition coefficient (Wildman–Crippen LogP) is 1.55. The number of amides is 3. The molecule has 114 valence electrons. The molecule has 1 aliphatic rings. The molecule has 0 saturated carbocycles. The maximum Gasteiger partial charge on any atom is 0.324 e. The SMILES string of the molecule is CC(CC(=O)O)CC(=O)NC(=O)N1CCSC(C)(C)C1. The largest absolute Gasteiger partial charge is 0.481 e. The van der Waals surface area contributed by atoms with Crippen LogP contribution in [0.1, 0.15) is 33.6 Å². The van der Waals surface area contributed by atoms with Crippen LogP contribution in [0.4, 0.5) is 4.79 Å². The first-order chi connectivity index (χ1) is 9.19. The minimum absolute atomic E-state index is 0.00473. The van der Waals surface area contributed by atoms with Crippen molar-refractivity contribution in [2.75, 3.05) is 18.8 Å². The summed E-state index contributed by atoms with van der Waals surface area (Å²) in [5.74, 6) is -0.788. The van der Waals surface area contributed by atoms with Crippen molar-refractivity contribution in [1.82, 2.24) is 10.2 Å². The van der Waals surface area contributed by atoms with Crippen molar-refractivity contribution in [3.63, 3.8) is 0 Å². The molecule has 0 spiro atoms. The average molecular weight is 302 g/mol. The molecule has 0 aromatic carbocycles. The van der Waals surface area contributed by atoms with Gasteiger partial charge in [-0.2, -0.15) is 11.8 Å². The Kier molecular flexibility index (Phi) is 5.86. The summed E-state index contributed by atoms with van der Waals surface area (Å²) in [4.78, 5) is 35.8. The van der Waals surface area contributed by atoms with Gasteiger partial charge in [0.15, 0.2) is 0 Å². The van der Waals surface area contributed by atoms with E-state index in [0.717, 1.165) is 5.75 Å². The molecule has 1 saturated heterocycles. The maximum absolute atomic E-state index is 12.0. The number of carbonyl (C=O) groups is 3. The Morgan fingerprint density at radius 3 is 2.55 bits per heavy atom. The molecule has 0 bridgehead atoms. The van der Waals surface area contributed by atoms with Gasteiger partial charge in [0.25, 0.3) is 0 Å². The van der Waals surface area contributed by atoms with Gasteiger partial charge in [0.2, 0.25) is 5.91 Å². The van der Waals surface area contributed by atoms with Crippen molar-refractivity contribution in [1.29, 1.82) is 0 Å². The first-order valence-electron chi connectivity index (χ1n) is 6.64. The van der Waals surface area contributed by atoms with E-state index in [-0.39, 0.29) is 29.5 Å². The van der Waals surface area contributed by atoms with Crippen LogP contribution in [0.15, 0.2) is 0 Å². The van der Waals surface area contributed by atoms with Gasteiger partial charge in [-0.25, -0.2) is 4.79 Å². The van der Waals surface area contributed by atoms with Crippen LogP contribution in [0.3, 0.4) is 0 Å². The van der Waals surface area contributed by atoms with E-state index in [1.54, 1.807) is 23.6 Å². The van der Waals surface area contributed by atoms with Gasteiger partial charge in [0, 0.05) is 36.4 Å². The van der Waals surface area contributed by atoms with Crippen LogP contribution in [-0.2, 0) is 9.59 Å². The predicted molar refractivity (Wildman–Crippen MR) is 77.7 cm³/mol. The van der Waals surface area contributed by atoms with Crippen molar-refractivity contribution in [3.05, 3.63) is 0 Å². The number of carbonyl (C=O) groups excluding carboxylic acids is 2. The lowest BCUT2D eigenvalue weighted by Gasteiger charge is -2.37. The minimum Gasteiger partial charge on any atom is -0.481 e. The van der Waals surface area contributed by atoms with E-state index in [0.29, 0.717) is 13.1 Å². The summed E-state index contributed by atoms with van der Waals surface area (Å²) in [7, 11) is 0. The quantitative estimate of drug-likeness (QED) is 0.823. The topological polar surface area (TPSA) is 86.7 Å². The number of aliphatic carboxylic acids is 1. The molecule has 0 radical (unpaired) electrons. The second-order valence-electron chi connectivity index (χ2n) is 5.79. The number of nitrogens with zero attached hydrogens (tertiary/aromatic N) is 1. The molecule has 20 heavy (non-hydrogen) atoms. The number of rotatable bonds is 4. The van der Waals surface area contributed by atoms with Crippen LogP contribution < -0.4 is 5.32 Å². The zero-order chi connectivity index (χ0) is 15.3. The summed E-state index contributed by atoms with van der Waals surface area (Å²) in [5.41, 5.74) is 0. The smallest absolute Gasteiger partial charge is 0.324 e. The molecule has 0 aromatic rings. The van der Waals surface area contributed by atoms with E-state index in [4.69, 9.17) is 5.11 Å². The molecule has 1 heterocycles. The van der Waals surface area contributed by atoms with Crippen molar-refractivity contribution >= 4 is 29.7 Å². The summed E-state index contributed by atoms with van der Waals surface area (Å²) >= 11 is 1.81. The summed E-state index contributed by atoms with van der Waals surface area (Å²) in [6, 6.07) is -0.383. The monoisotopic (exact) mass is 302 g/mol. The number of hydrogen-bond acceptors (Lipinski definition) is 4. The number of carboxylic acids is 1. The van der Waals surface area contributed by atoms with E-state index in [9.17, 15) is 14.4 Å². The van der Waals surface area contributed by atoms with Gasteiger partial charge in [-0.3, -0.25) is 14.9 Å². The normalized spacial score (nSPS) is 19.2. The second-order valence-corrected chi connectivity index (χ2v) is 7.59. The number of thioether (sulfide) groups is 1. The fraction of sp³-hybridized carbons (Fsp3) is 0.769. The lowest BCUT2D eigenvalue weighted by Crippen LogP contribution is -2.51. The van der Waals surface area contributed by atoms with E-state index < -0.39 is 11.9 Å². The summed E-state index contributed by atoms with van der Waals surface area (Å²) in [6.07, 6.45) is -0.0288. The molecular formula is C13H22N2O4S. The maximum atomic E-state index is 12.0. The number of urea groups is 1. The molecule has 3 amide bonds. The van der Waals surface area contributed by atoms with Gasteiger partial charge in [0.1, 0.15) is 0 Å². The van der Waals surface area contributed by atoms with E-state index in [1.165, 1.54) is 0 Å². The van der Waals surface area contributed by atoms with E-state index in [1.807, 2.05) is 0 Å². The van der Waals surface area contributed by atoms with Crippen LogP contribution in [-0.4, -0.2) is 51.5 Å². The molecule has 1 aliphatic heterocycles. The standard InChI is InChI=1S/C13H22N2O4S/c1-9(7-11(17)18)6-10(16)14-12(19)15-4-5-20-13(2,3)8-15/h9H,4-8H2,1-3H3,(H,17,18)(H,14,16,19). The highest BCUT2D eigenvalue weighted by Crippen LogP contribution is 2.29. The highest BCUT2D eigenvalue weighted by molar-refractivity contribution is 8.00. The Labute approximate surface area is 123 Å². The third kappa shape index (κ3) is 5.81. The van der Waals surface area contributed by atoms with Crippen LogP contribution in [0.2, 0.25) is 0 Å². The van der Waals surface area contributed by atoms with Crippen LogP contribution >= 0.6 is 11.8 Å². The highest BCUT2D eigenvalue weighted by Gasteiger charge is 2.30. The third-order valence-corrected chi connectivity index (χ3v) is 4.31. The van der Waals surface area contributed by atoms with E-state index in [2.05, 4.69) is 19.2 Å². The zero-order valence-corrected chi connectivity index (χ0v) is 13.0. The molecule has 0 aromatic heterocycles. The zero-order valence-electron chi connectivity index (χ0n) is 12.1. The van der Waals surface area contributed by atoms with Gasteiger partial charge < -0.3 is 10.0 Å². The van der Waals surface area contributed by atoms with Crippen LogP contribution in [0.5, 0.6) is 0 Å². The third-order valence-electron chi connectivity index (χ3n) is 3.02. The van der Waals surface area contributed by atoms with Gasteiger partial charge >= 0.3 is 12.0 Å². The van der Waals surface area contributed by atoms with Gasteiger partial charge in [-0.1, -0.05) is 6.92 Å². The molecular weight excluding hydrogens is 280 g/mol. The summed E-state index contributed by atoms with van der Waals surface area (Å²) in [6.45, 7) is 7.03. The molecule has 1 fully saturated rings.